The predicted molar refractivity (Wildman–Crippen MR) is 84.1 cm³/mol. The highest BCUT2D eigenvalue weighted by Crippen LogP contribution is 2.21. The molecule has 20 heavy (non-hydrogen) atoms. The minimum absolute atomic E-state index is 0.228. The summed E-state index contributed by atoms with van der Waals surface area (Å²) in [6.45, 7) is 13.7. The lowest BCUT2D eigenvalue weighted by Gasteiger charge is -2.42. The Hall–Kier alpha value is -1.56. The van der Waals surface area contributed by atoms with Gasteiger partial charge in [0.2, 0.25) is 5.95 Å². The predicted octanol–water partition coefficient (Wildman–Crippen LogP) is 1.41. The summed E-state index contributed by atoms with van der Waals surface area (Å²) in [5.41, 5.74) is 6.02. The van der Waals surface area contributed by atoms with Crippen LogP contribution in [0.2, 0.25) is 0 Å². The van der Waals surface area contributed by atoms with Crippen LogP contribution in [0.3, 0.4) is 0 Å². The van der Waals surface area contributed by atoms with Gasteiger partial charge in [0, 0.05) is 44.3 Å². The van der Waals surface area contributed by atoms with Crippen LogP contribution in [0.4, 0.5) is 17.6 Å². The summed E-state index contributed by atoms with van der Waals surface area (Å²) in [5.74, 6) is 2.05. The van der Waals surface area contributed by atoms with Gasteiger partial charge in [-0.3, -0.25) is 4.90 Å². The summed E-state index contributed by atoms with van der Waals surface area (Å²) >= 11 is 0. The van der Waals surface area contributed by atoms with Gasteiger partial charge in [0.1, 0.15) is 11.6 Å². The molecule has 0 bridgehead atoms. The summed E-state index contributed by atoms with van der Waals surface area (Å²) in [7, 11) is 0. The molecule has 112 valence electrons. The minimum atomic E-state index is 0.228. The highest BCUT2D eigenvalue weighted by atomic mass is 15.3. The zero-order valence-electron chi connectivity index (χ0n) is 13.0. The Kier molecular flexibility index (Phi) is 4.32. The number of aromatic nitrogens is 2. The second kappa shape index (κ2) is 5.83. The van der Waals surface area contributed by atoms with Gasteiger partial charge in [0.25, 0.3) is 0 Å². The van der Waals surface area contributed by atoms with E-state index >= 15 is 0 Å². The average molecular weight is 278 g/mol. The van der Waals surface area contributed by atoms with Crippen molar-refractivity contribution in [3.05, 3.63) is 6.07 Å². The quantitative estimate of drug-likeness (QED) is 0.871. The highest BCUT2D eigenvalue weighted by Gasteiger charge is 2.26. The van der Waals surface area contributed by atoms with E-state index in [4.69, 9.17) is 5.73 Å². The Balaban J connectivity index is 2.07. The van der Waals surface area contributed by atoms with Gasteiger partial charge in [-0.05, 0) is 27.7 Å². The standard InChI is InChI=1S/C14H26N6/c1-5-16-11-10-12(18-13(15)17-11)19-6-8-20(9-7-19)14(2,3)4/h10H,5-9H2,1-4H3,(H3,15,16,17,18). The van der Waals surface area contributed by atoms with E-state index in [0.29, 0.717) is 5.95 Å². The smallest absolute Gasteiger partial charge is 0.223 e. The molecule has 3 N–H and O–H groups in total. The number of rotatable bonds is 3. The third kappa shape index (κ3) is 3.50. The van der Waals surface area contributed by atoms with Gasteiger partial charge in [0.05, 0.1) is 0 Å². The molecular weight excluding hydrogens is 252 g/mol. The van der Waals surface area contributed by atoms with E-state index in [0.717, 1.165) is 44.4 Å². The number of anilines is 3. The minimum Gasteiger partial charge on any atom is -0.370 e. The molecular formula is C14H26N6. The number of hydrogen-bond donors (Lipinski definition) is 2. The lowest BCUT2D eigenvalue weighted by Crippen LogP contribution is -2.53. The van der Waals surface area contributed by atoms with Gasteiger partial charge < -0.3 is 16.0 Å². The van der Waals surface area contributed by atoms with Gasteiger partial charge in [-0.2, -0.15) is 9.97 Å². The van der Waals surface area contributed by atoms with Crippen molar-refractivity contribution in [3.8, 4) is 0 Å². The summed E-state index contributed by atoms with van der Waals surface area (Å²) < 4.78 is 0. The second-order valence-corrected chi connectivity index (χ2v) is 6.14. The lowest BCUT2D eigenvalue weighted by atomic mass is 10.1. The van der Waals surface area contributed by atoms with Gasteiger partial charge in [-0.1, -0.05) is 0 Å². The van der Waals surface area contributed by atoms with Crippen LogP contribution in [-0.4, -0.2) is 53.1 Å². The van der Waals surface area contributed by atoms with Gasteiger partial charge in [0.15, 0.2) is 0 Å². The van der Waals surface area contributed by atoms with E-state index in [2.05, 4.69) is 45.9 Å². The molecule has 0 atom stereocenters. The molecule has 1 aliphatic heterocycles. The summed E-state index contributed by atoms with van der Waals surface area (Å²) in [6, 6.07) is 1.98. The maximum atomic E-state index is 5.79. The average Bonchev–Trinajstić information content (AvgIpc) is 2.37. The first-order valence-electron chi connectivity index (χ1n) is 7.28. The molecule has 1 aromatic heterocycles. The van der Waals surface area contributed by atoms with E-state index < -0.39 is 0 Å². The molecule has 0 radical (unpaired) electrons. The molecule has 1 aliphatic rings. The summed E-state index contributed by atoms with van der Waals surface area (Å²) in [5, 5.41) is 3.19. The first-order chi connectivity index (χ1) is 9.40. The van der Waals surface area contributed by atoms with Gasteiger partial charge in [-0.25, -0.2) is 0 Å². The summed E-state index contributed by atoms with van der Waals surface area (Å²) in [4.78, 5) is 13.3. The second-order valence-electron chi connectivity index (χ2n) is 6.14. The van der Waals surface area contributed by atoms with Gasteiger partial charge >= 0.3 is 0 Å². The Bertz CT molecular complexity index is 445. The molecule has 6 heteroatoms. The third-order valence-electron chi connectivity index (χ3n) is 3.64. The lowest BCUT2D eigenvalue weighted by molar-refractivity contribution is 0.128. The van der Waals surface area contributed by atoms with Crippen LogP contribution in [0.15, 0.2) is 6.07 Å². The molecule has 0 unspecified atom stereocenters. The van der Waals surface area contributed by atoms with E-state index in [-0.39, 0.29) is 5.54 Å². The fraction of sp³-hybridized carbons (Fsp3) is 0.714. The van der Waals surface area contributed by atoms with E-state index in [1.54, 1.807) is 0 Å². The van der Waals surface area contributed by atoms with Crippen LogP contribution < -0.4 is 16.0 Å². The molecule has 2 heterocycles. The topological polar surface area (TPSA) is 70.3 Å². The van der Waals surface area contributed by atoms with E-state index in [9.17, 15) is 0 Å². The normalized spacial score (nSPS) is 17.3. The van der Waals surface area contributed by atoms with Crippen LogP contribution in [0.25, 0.3) is 0 Å². The molecule has 6 nitrogen and oxygen atoms in total. The molecule has 0 aliphatic carbocycles. The monoisotopic (exact) mass is 278 g/mol. The van der Waals surface area contributed by atoms with Crippen molar-refractivity contribution < 1.29 is 0 Å². The molecule has 0 amide bonds. The van der Waals surface area contributed by atoms with Crippen LogP contribution in [0.5, 0.6) is 0 Å². The first kappa shape index (κ1) is 14.8. The highest BCUT2D eigenvalue weighted by molar-refractivity contribution is 5.52. The Morgan fingerprint density at radius 1 is 1.20 bits per heavy atom. The third-order valence-corrected chi connectivity index (χ3v) is 3.64. The van der Waals surface area contributed by atoms with Crippen molar-refractivity contribution in [2.24, 2.45) is 0 Å². The summed E-state index contributed by atoms with van der Waals surface area (Å²) in [6.07, 6.45) is 0. The SMILES string of the molecule is CCNc1cc(N2CCN(C(C)(C)C)CC2)nc(N)n1. The number of nitrogens with one attached hydrogen (secondary N) is 1. The Labute approximate surface area is 121 Å². The Morgan fingerprint density at radius 3 is 2.40 bits per heavy atom. The molecule has 0 spiro atoms. The molecule has 1 aromatic rings. The number of nitrogens with zero attached hydrogens (tertiary/aromatic N) is 4. The zero-order chi connectivity index (χ0) is 14.8. The maximum absolute atomic E-state index is 5.79. The van der Waals surface area contributed by atoms with Crippen LogP contribution in [-0.2, 0) is 0 Å². The number of piperazine rings is 1. The Morgan fingerprint density at radius 2 is 1.85 bits per heavy atom. The van der Waals surface area contributed by atoms with Crippen molar-refractivity contribution >= 4 is 17.6 Å². The molecule has 0 aromatic carbocycles. The number of nitrogen functional groups attached to an aromatic ring is 1. The van der Waals surface area contributed by atoms with Crippen LogP contribution in [0.1, 0.15) is 27.7 Å². The van der Waals surface area contributed by atoms with E-state index in [1.165, 1.54) is 0 Å². The fourth-order valence-corrected chi connectivity index (χ4v) is 2.49. The van der Waals surface area contributed by atoms with E-state index in [1.807, 2.05) is 13.0 Å². The molecule has 1 fully saturated rings. The zero-order valence-corrected chi connectivity index (χ0v) is 13.0. The van der Waals surface area contributed by atoms with Crippen molar-refractivity contribution in [1.82, 2.24) is 14.9 Å². The number of nitrogens with two attached hydrogens (primary N) is 1. The number of hydrogen-bond acceptors (Lipinski definition) is 6. The molecule has 0 saturated carbocycles. The molecule has 1 saturated heterocycles. The largest absolute Gasteiger partial charge is 0.370 e. The van der Waals surface area contributed by atoms with Gasteiger partial charge in [-0.15, -0.1) is 0 Å². The fourth-order valence-electron chi connectivity index (χ4n) is 2.49. The maximum Gasteiger partial charge on any atom is 0.223 e. The van der Waals surface area contributed by atoms with Crippen molar-refractivity contribution in [2.45, 2.75) is 33.2 Å². The van der Waals surface area contributed by atoms with Crippen LogP contribution in [0, 0.1) is 0 Å². The first-order valence-corrected chi connectivity index (χ1v) is 7.28. The van der Waals surface area contributed by atoms with Crippen molar-refractivity contribution in [3.63, 3.8) is 0 Å². The molecule has 2 rings (SSSR count). The van der Waals surface area contributed by atoms with Crippen molar-refractivity contribution in [2.75, 3.05) is 48.7 Å². The van der Waals surface area contributed by atoms with Crippen molar-refractivity contribution in [1.29, 1.82) is 0 Å². The van der Waals surface area contributed by atoms with Crippen LogP contribution >= 0.6 is 0 Å².